The molecule has 1 rings (SSSR count). The molecule has 0 spiro atoms. The first kappa shape index (κ1) is 13.2. The Kier molecular flexibility index (Phi) is 4.96. The summed E-state index contributed by atoms with van der Waals surface area (Å²) >= 11 is 0. The summed E-state index contributed by atoms with van der Waals surface area (Å²) in [6.07, 6.45) is 5.47. The number of aromatic nitrogens is 2. The summed E-state index contributed by atoms with van der Waals surface area (Å²) in [5.74, 6) is 0. The average molecular weight is 225 g/mol. The second-order valence-electron chi connectivity index (χ2n) is 4.37. The molecule has 0 fully saturated rings. The molecule has 0 aliphatic heterocycles. The number of hydrogen-bond acceptors (Lipinski definition) is 3. The number of nitrogens with one attached hydrogen (secondary N) is 1. The van der Waals surface area contributed by atoms with Crippen molar-refractivity contribution in [3.63, 3.8) is 0 Å². The van der Waals surface area contributed by atoms with Crippen molar-refractivity contribution in [1.82, 2.24) is 15.1 Å². The topological polar surface area (TPSA) is 50.1 Å². The van der Waals surface area contributed by atoms with Gasteiger partial charge in [-0.3, -0.25) is 4.68 Å². The van der Waals surface area contributed by atoms with Crippen LogP contribution in [0.25, 0.3) is 0 Å². The maximum Gasteiger partial charge on any atom is 0.0910 e. The first-order chi connectivity index (χ1) is 7.60. The summed E-state index contributed by atoms with van der Waals surface area (Å²) in [5, 5.41) is 17.8. The highest BCUT2D eigenvalue weighted by atomic mass is 16.3. The lowest BCUT2D eigenvalue weighted by molar-refractivity contribution is 0.0481. The van der Waals surface area contributed by atoms with Gasteiger partial charge in [-0.05, 0) is 32.9 Å². The van der Waals surface area contributed by atoms with Crippen molar-refractivity contribution in [2.45, 2.75) is 45.8 Å². The van der Waals surface area contributed by atoms with Crippen molar-refractivity contribution >= 4 is 0 Å². The fourth-order valence-electron chi connectivity index (χ4n) is 1.65. The molecule has 1 unspecified atom stereocenters. The van der Waals surface area contributed by atoms with Crippen molar-refractivity contribution in [3.8, 4) is 0 Å². The smallest absolute Gasteiger partial charge is 0.0910 e. The lowest BCUT2D eigenvalue weighted by Gasteiger charge is -2.21. The number of hydrogen-bond donors (Lipinski definition) is 2. The van der Waals surface area contributed by atoms with Crippen molar-refractivity contribution in [3.05, 3.63) is 18.0 Å². The van der Waals surface area contributed by atoms with Gasteiger partial charge in [0.15, 0.2) is 0 Å². The Balaban J connectivity index is 2.58. The van der Waals surface area contributed by atoms with E-state index in [4.69, 9.17) is 0 Å². The molecule has 0 radical (unpaired) electrons. The van der Waals surface area contributed by atoms with E-state index < -0.39 is 5.60 Å². The van der Waals surface area contributed by atoms with Crippen molar-refractivity contribution in [1.29, 1.82) is 0 Å². The van der Waals surface area contributed by atoms with Gasteiger partial charge in [-0.25, -0.2) is 0 Å². The number of rotatable bonds is 7. The largest absolute Gasteiger partial charge is 0.385 e. The standard InChI is InChI=1S/C12H23N3O/c1-4-8-15-10-11(9-14-15)12(3,16)6-7-13-5-2/h9-10,13,16H,4-8H2,1-3H3. The summed E-state index contributed by atoms with van der Waals surface area (Å²) in [7, 11) is 0. The minimum Gasteiger partial charge on any atom is -0.385 e. The van der Waals surface area contributed by atoms with Crippen LogP contribution < -0.4 is 5.32 Å². The first-order valence-corrected chi connectivity index (χ1v) is 6.06. The van der Waals surface area contributed by atoms with E-state index in [1.54, 1.807) is 6.20 Å². The van der Waals surface area contributed by atoms with Crippen molar-refractivity contribution in [2.75, 3.05) is 13.1 Å². The average Bonchev–Trinajstić information content (AvgIpc) is 2.68. The van der Waals surface area contributed by atoms with Crippen molar-refractivity contribution in [2.24, 2.45) is 0 Å². The van der Waals surface area contributed by atoms with Crippen LogP contribution in [0, 0.1) is 0 Å². The van der Waals surface area contributed by atoms with Gasteiger partial charge in [-0.2, -0.15) is 5.10 Å². The molecule has 4 heteroatoms. The Morgan fingerprint density at radius 3 is 2.88 bits per heavy atom. The van der Waals surface area contributed by atoms with Gasteiger partial charge in [0.2, 0.25) is 0 Å². The first-order valence-electron chi connectivity index (χ1n) is 6.06. The van der Waals surface area contributed by atoms with Gasteiger partial charge in [-0.1, -0.05) is 13.8 Å². The quantitative estimate of drug-likeness (QED) is 0.691. The number of aryl methyl sites for hydroxylation is 1. The van der Waals surface area contributed by atoms with Crippen LogP contribution in [0.4, 0.5) is 0 Å². The second-order valence-corrected chi connectivity index (χ2v) is 4.37. The molecule has 0 amide bonds. The maximum atomic E-state index is 10.3. The highest BCUT2D eigenvalue weighted by Crippen LogP contribution is 2.23. The van der Waals surface area contributed by atoms with Crippen LogP contribution in [0.15, 0.2) is 12.4 Å². The van der Waals surface area contributed by atoms with Gasteiger partial charge in [0.05, 0.1) is 11.8 Å². The van der Waals surface area contributed by atoms with E-state index in [0.29, 0.717) is 6.42 Å². The van der Waals surface area contributed by atoms with Gasteiger partial charge in [-0.15, -0.1) is 0 Å². The van der Waals surface area contributed by atoms with E-state index in [9.17, 15) is 5.11 Å². The minimum absolute atomic E-state index is 0.707. The van der Waals surface area contributed by atoms with Crippen LogP contribution in [-0.4, -0.2) is 28.0 Å². The summed E-state index contributed by atoms with van der Waals surface area (Å²) in [4.78, 5) is 0. The zero-order chi connectivity index (χ0) is 12.0. The van der Waals surface area contributed by atoms with E-state index in [1.165, 1.54) is 0 Å². The minimum atomic E-state index is -0.784. The third-order valence-corrected chi connectivity index (χ3v) is 2.75. The van der Waals surface area contributed by atoms with Crippen LogP contribution in [0.5, 0.6) is 0 Å². The molecule has 16 heavy (non-hydrogen) atoms. The molecule has 1 heterocycles. The van der Waals surface area contributed by atoms with Gasteiger partial charge in [0.25, 0.3) is 0 Å². The molecule has 1 aromatic heterocycles. The molecule has 0 aliphatic carbocycles. The third kappa shape index (κ3) is 3.61. The zero-order valence-electron chi connectivity index (χ0n) is 10.5. The highest BCUT2D eigenvalue weighted by molar-refractivity contribution is 5.13. The Morgan fingerprint density at radius 2 is 2.25 bits per heavy atom. The van der Waals surface area contributed by atoms with Crippen LogP contribution in [-0.2, 0) is 12.1 Å². The fourth-order valence-corrected chi connectivity index (χ4v) is 1.65. The Hall–Kier alpha value is -0.870. The van der Waals surface area contributed by atoms with E-state index >= 15 is 0 Å². The maximum absolute atomic E-state index is 10.3. The molecule has 4 nitrogen and oxygen atoms in total. The summed E-state index contributed by atoms with van der Waals surface area (Å²) in [6.45, 7) is 8.69. The highest BCUT2D eigenvalue weighted by Gasteiger charge is 2.23. The second kappa shape index (κ2) is 6.01. The monoisotopic (exact) mass is 225 g/mol. The van der Waals surface area contributed by atoms with Crippen LogP contribution in [0.2, 0.25) is 0 Å². The Bertz CT molecular complexity index is 307. The molecule has 1 atom stereocenters. The van der Waals surface area contributed by atoms with Crippen molar-refractivity contribution < 1.29 is 5.11 Å². The van der Waals surface area contributed by atoms with Gasteiger partial charge >= 0.3 is 0 Å². The van der Waals surface area contributed by atoms with Crippen LogP contribution in [0.1, 0.15) is 39.2 Å². The lowest BCUT2D eigenvalue weighted by Crippen LogP contribution is -2.27. The summed E-state index contributed by atoms with van der Waals surface area (Å²) in [5.41, 5.74) is 0.118. The molecule has 1 aromatic rings. The number of aliphatic hydroxyl groups is 1. The fraction of sp³-hybridized carbons (Fsp3) is 0.750. The predicted octanol–water partition coefficient (Wildman–Crippen LogP) is 1.50. The predicted molar refractivity (Wildman–Crippen MR) is 65.2 cm³/mol. The van der Waals surface area contributed by atoms with E-state index in [2.05, 4.69) is 24.3 Å². The summed E-state index contributed by atoms with van der Waals surface area (Å²) in [6, 6.07) is 0. The van der Waals surface area contributed by atoms with Gasteiger partial charge in [0.1, 0.15) is 0 Å². The van der Waals surface area contributed by atoms with Crippen LogP contribution >= 0.6 is 0 Å². The molecule has 0 saturated heterocycles. The Labute approximate surface area is 97.7 Å². The molecular weight excluding hydrogens is 202 g/mol. The SMILES string of the molecule is CCCn1cc(C(C)(O)CCNCC)cn1. The molecule has 92 valence electrons. The molecular formula is C12H23N3O. The van der Waals surface area contributed by atoms with E-state index in [0.717, 1.165) is 31.6 Å². The van der Waals surface area contributed by atoms with E-state index in [1.807, 2.05) is 17.8 Å². The van der Waals surface area contributed by atoms with Gasteiger partial charge < -0.3 is 10.4 Å². The lowest BCUT2D eigenvalue weighted by atomic mass is 9.95. The third-order valence-electron chi connectivity index (χ3n) is 2.75. The van der Waals surface area contributed by atoms with Gasteiger partial charge in [0, 0.05) is 18.3 Å². The van der Waals surface area contributed by atoms with Crippen LogP contribution in [0.3, 0.4) is 0 Å². The molecule has 2 N–H and O–H groups in total. The zero-order valence-corrected chi connectivity index (χ0v) is 10.5. The molecule has 0 saturated carbocycles. The molecule has 0 aromatic carbocycles. The van der Waals surface area contributed by atoms with E-state index in [-0.39, 0.29) is 0 Å². The Morgan fingerprint density at radius 1 is 1.50 bits per heavy atom. The normalized spacial score (nSPS) is 15.0. The molecule has 0 aliphatic rings. The summed E-state index contributed by atoms with van der Waals surface area (Å²) < 4.78 is 1.89. The molecule has 0 bridgehead atoms. The number of nitrogens with zero attached hydrogens (tertiary/aromatic N) is 2.